The van der Waals surface area contributed by atoms with E-state index < -0.39 is 0 Å². The van der Waals surface area contributed by atoms with Crippen LogP contribution in [0, 0.1) is 0 Å². The third-order valence-electron chi connectivity index (χ3n) is 6.03. The number of fused-ring (bicyclic) bond motifs is 1. The van der Waals surface area contributed by atoms with Gasteiger partial charge >= 0.3 is 0 Å². The van der Waals surface area contributed by atoms with Gasteiger partial charge < -0.3 is 14.2 Å². The van der Waals surface area contributed by atoms with Crippen LogP contribution in [0.2, 0.25) is 0 Å². The Kier molecular flexibility index (Phi) is 6.40. The number of hydrogen-bond acceptors (Lipinski definition) is 5. The van der Waals surface area contributed by atoms with Gasteiger partial charge in [-0.25, -0.2) is 0 Å². The number of hydrogen-bond donors (Lipinski definition) is 0. The Hall–Kier alpha value is -3.57. The molecule has 0 N–H and O–H groups in total. The highest BCUT2D eigenvalue weighted by Crippen LogP contribution is 2.34. The van der Waals surface area contributed by atoms with E-state index in [2.05, 4.69) is 4.90 Å². The molecule has 0 aliphatic carbocycles. The van der Waals surface area contributed by atoms with Crippen molar-refractivity contribution in [1.29, 1.82) is 0 Å². The molecule has 5 heteroatoms. The fourth-order valence-electron chi connectivity index (χ4n) is 4.22. The Morgan fingerprint density at radius 2 is 1.64 bits per heavy atom. The van der Waals surface area contributed by atoms with Gasteiger partial charge in [0.1, 0.15) is 12.4 Å². The molecule has 168 valence electrons. The van der Waals surface area contributed by atoms with Crippen LogP contribution in [0.15, 0.2) is 72.8 Å². The highest BCUT2D eigenvalue weighted by molar-refractivity contribution is 6.32. The third-order valence-corrected chi connectivity index (χ3v) is 6.03. The molecule has 0 amide bonds. The molecular formula is C28H27NO4. The van der Waals surface area contributed by atoms with Crippen molar-refractivity contribution < 1.29 is 19.0 Å². The van der Waals surface area contributed by atoms with Crippen molar-refractivity contribution in [3.8, 4) is 17.2 Å². The number of benzene rings is 3. The number of allylic oxidation sites excluding steroid dienone is 1. The minimum atomic E-state index is -0.0394. The second-order valence-corrected chi connectivity index (χ2v) is 8.29. The second kappa shape index (κ2) is 9.92. The number of rotatable bonds is 8. The van der Waals surface area contributed by atoms with Crippen LogP contribution in [0.1, 0.15) is 34.3 Å². The number of carbonyl (C=O) groups is 1. The number of likely N-dealkylation sites (tertiary alicyclic amines) is 1. The lowest BCUT2D eigenvalue weighted by Crippen LogP contribution is -2.25. The molecule has 5 rings (SSSR count). The lowest BCUT2D eigenvalue weighted by Gasteiger charge is -2.15. The van der Waals surface area contributed by atoms with Crippen molar-refractivity contribution >= 4 is 17.4 Å². The Morgan fingerprint density at radius 3 is 2.42 bits per heavy atom. The number of nitrogens with zero attached hydrogens (tertiary/aromatic N) is 1. The molecule has 1 saturated heterocycles. The zero-order chi connectivity index (χ0) is 22.5. The van der Waals surface area contributed by atoms with Crippen LogP contribution in [0.4, 0.5) is 0 Å². The Balaban J connectivity index is 1.34. The molecule has 2 aliphatic rings. The normalized spacial score (nSPS) is 15.6. The van der Waals surface area contributed by atoms with Crippen LogP contribution >= 0.6 is 0 Å². The molecule has 2 heterocycles. The number of ketones is 1. The molecule has 0 bridgehead atoms. The van der Waals surface area contributed by atoms with Gasteiger partial charge in [0.15, 0.2) is 17.3 Å². The monoisotopic (exact) mass is 441 g/mol. The summed E-state index contributed by atoms with van der Waals surface area (Å²) in [7, 11) is 0. The fourth-order valence-corrected chi connectivity index (χ4v) is 4.22. The minimum Gasteiger partial charge on any atom is -0.492 e. The molecule has 0 radical (unpaired) electrons. The van der Waals surface area contributed by atoms with Gasteiger partial charge in [-0.2, -0.15) is 0 Å². The molecule has 0 spiro atoms. The van der Waals surface area contributed by atoms with E-state index in [1.165, 1.54) is 12.8 Å². The summed E-state index contributed by atoms with van der Waals surface area (Å²) in [6.45, 7) is 4.15. The first kappa shape index (κ1) is 21.3. The standard InChI is InChI=1S/C28H27NO4/c30-28(23-9-11-24(12-10-23)31-17-16-29-14-4-5-15-29)25(22-6-2-1-3-7-22)18-21-8-13-26-27(19-21)33-20-32-26/h1-3,6-13,18-19H,4-5,14-17,20H2/b25-18-. The second-order valence-electron chi connectivity index (χ2n) is 8.29. The van der Waals surface area contributed by atoms with E-state index in [1.54, 1.807) is 0 Å². The summed E-state index contributed by atoms with van der Waals surface area (Å²) in [4.78, 5) is 15.9. The smallest absolute Gasteiger partial charge is 0.231 e. The molecular weight excluding hydrogens is 414 g/mol. The quantitative estimate of drug-likeness (QED) is 0.269. The minimum absolute atomic E-state index is 0.0394. The van der Waals surface area contributed by atoms with Crippen LogP contribution in [-0.4, -0.2) is 43.7 Å². The molecule has 33 heavy (non-hydrogen) atoms. The highest BCUT2D eigenvalue weighted by Gasteiger charge is 2.17. The molecule has 0 unspecified atom stereocenters. The summed E-state index contributed by atoms with van der Waals surface area (Å²) in [5, 5.41) is 0. The number of ether oxygens (including phenoxy) is 3. The first-order valence-electron chi connectivity index (χ1n) is 11.4. The summed E-state index contributed by atoms with van der Waals surface area (Å²) in [5.74, 6) is 2.16. The average molecular weight is 442 g/mol. The maximum Gasteiger partial charge on any atom is 0.231 e. The van der Waals surface area contributed by atoms with Crippen molar-refractivity contribution in [2.75, 3.05) is 33.0 Å². The maximum absolute atomic E-state index is 13.5. The molecule has 3 aromatic carbocycles. The Morgan fingerprint density at radius 1 is 0.879 bits per heavy atom. The predicted octanol–water partition coefficient (Wildman–Crippen LogP) is 5.31. The van der Waals surface area contributed by atoms with Gasteiger partial charge in [-0.05, 0) is 79.5 Å². The van der Waals surface area contributed by atoms with Crippen molar-refractivity contribution in [2.45, 2.75) is 12.8 Å². The van der Waals surface area contributed by atoms with E-state index in [0.29, 0.717) is 23.5 Å². The van der Waals surface area contributed by atoms with Crippen molar-refractivity contribution in [1.82, 2.24) is 4.90 Å². The van der Waals surface area contributed by atoms with Gasteiger partial charge in [0.2, 0.25) is 6.79 Å². The zero-order valence-corrected chi connectivity index (χ0v) is 18.5. The summed E-state index contributed by atoms with van der Waals surface area (Å²) >= 11 is 0. The maximum atomic E-state index is 13.5. The van der Waals surface area contributed by atoms with Gasteiger partial charge in [-0.15, -0.1) is 0 Å². The van der Waals surface area contributed by atoms with Gasteiger partial charge in [0.25, 0.3) is 0 Å². The Bertz CT molecular complexity index is 1130. The van der Waals surface area contributed by atoms with E-state index >= 15 is 0 Å². The summed E-state index contributed by atoms with van der Waals surface area (Å²) in [6.07, 6.45) is 4.46. The first-order chi connectivity index (χ1) is 16.3. The van der Waals surface area contributed by atoms with Gasteiger partial charge in [0, 0.05) is 17.7 Å². The third kappa shape index (κ3) is 5.10. The van der Waals surface area contributed by atoms with Crippen molar-refractivity contribution in [3.63, 3.8) is 0 Å². The van der Waals surface area contributed by atoms with Crippen molar-refractivity contribution in [3.05, 3.63) is 89.5 Å². The topological polar surface area (TPSA) is 48.0 Å². The number of carbonyl (C=O) groups excluding carboxylic acids is 1. The SMILES string of the molecule is O=C(/C(=C\c1ccc2c(c1)OCO2)c1ccccc1)c1ccc(OCCN2CCCC2)cc1. The van der Waals surface area contributed by atoms with E-state index in [9.17, 15) is 4.79 Å². The largest absolute Gasteiger partial charge is 0.492 e. The van der Waals surface area contributed by atoms with E-state index in [1.807, 2.05) is 78.9 Å². The fraction of sp³-hybridized carbons (Fsp3) is 0.250. The highest BCUT2D eigenvalue weighted by atomic mass is 16.7. The van der Waals surface area contributed by atoms with Crippen LogP contribution in [-0.2, 0) is 0 Å². The summed E-state index contributed by atoms with van der Waals surface area (Å²) < 4.78 is 16.8. The summed E-state index contributed by atoms with van der Waals surface area (Å²) in [6, 6.07) is 22.8. The van der Waals surface area contributed by atoms with Crippen LogP contribution in [0.25, 0.3) is 11.6 Å². The lowest BCUT2D eigenvalue weighted by molar-refractivity contribution is 0.105. The molecule has 5 nitrogen and oxygen atoms in total. The Labute approximate surface area is 194 Å². The summed E-state index contributed by atoms with van der Waals surface area (Å²) in [5.41, 5.74) is 2.99. The van der Waals surface area contributed by atoms with E-state index in [0.717, 1.165) is 42.3 Å². The van der Waals surface area contributed by atoms with Gasteiger partial charge in [0.05, 0.1) is 0 Å². The van der Waals surface area contributed by atoms with Gasteiger partial charge in [-0.3, -0.25) is 9.69 Å². The average Bonchev–Trinajstić information content (AvgIpc) is 3.55. The van der Waals surface area contributed by atoms with Gasteiger partial charge in [-0.1, -0.05) is 36.4 Å². The number of Topliss-reactive ketones (excluding diaryl/α,β-unsaturated/α-hetero) is 1. The van der Waals surface area contributed by atoms with E-state index in [4.69, 9.17) is 14.2 Å². The molecule has 0 saturated carbocycles. The molecule has 0 aromatic heterocycles. The molecule has 2 aliphatic heterocycles. The molecule has 0 atom stereocenters. The van der Waals surface area contributed by atoms with Crippen molar-refractivity contribution in [2.24, 2.45) is 0 Å². The zero-order valence-electron chi connectivity index (χ0n) is 18.5. The molecule has 3 aromatic rings. The van der Waals surface area contributed by atoms with Crippen LogP contribution in [0.5, 0.6) is 17.2 Å². The lowest BCUT2D eigenvalue weighted by atomic mass is 9.94. The predicted molar refractivity (Wildman–Crippen MR) is 129 cm³/mol. The van der Waals surface area contributed by atoms with E-state index in [-0.39, 0.29) is 12.6 Å². The van der Waals surface area contributed by atoms with Crippen LogP contribution in [0.3, 0.4) is 0 Å². The molecule has 1 fully saturated rings. The first-order valence-corrected chi connectivity index (χ1v) is 11.4. The van der Waals surface area contributed by atoms with Crippen LogP contribution < -0.4 is 14.2 Å².